The lowest BCUT2D eigenvalue weighted by molar-refractivity contribution is -0.151. The van der Waals surface area contributed by atoms with E-state index in [1.165, 1.54) is 0 Å². The fourth-order valence-corrected chi connectivity index (χ4v) is 1.93. The van der Waals surface area contributed by atoms with Gasteiger partial charge in [0.05, 0.1) is 12.8 Å². The third-order valence-electron chi connectivity index (χ3n) is 3.02. The third kappa shape index (κ3) is 3.32. The van der Waals surface area contributed by atoms with Crippen LogP contribution >= 0.6 is 0 Å². The molecular weight excluding hydrogens is 232 g/mol. The molecule has 4 heteroatoms. The van der Waals surface area contributed by atoms with Crippen molar-refractivity contribution in [2.45, 2.75) is 32.5 Å². The monoisotopic (exact) mass is 248 g/mol. The van der Waals surface area contributed by atoms with Crippen LogP contribution in [0.5, 0.6) is 0 Å². The molecule has 0 unspecified atom stereocenters. The van der Waals surface area contributed by atoms with Crippen LogP contribution in [0, 0.1) is 5.92 Å². The van der Waals surface area contributed by atoms with Crippen LogP contribution in [0.4, 0.5) is 0 Å². The Bertz CT molecular complexity index is 427. The molecule has 1 aromatic rings. The van der Waals surface area contributed by atoms with Crippen molar-refractivity contribution in [2.75, 3.05) is 0 Å². The van der Waals surface area contributed by atoms with E-state index in [9.17, 15) is 9.59 Å². The quantitative estimate of drug-likeness (QED) is 0.765. The molecular formula is C14H16O4. The first-order valence-corrected chi connectivity index (χ1v) is 6.04. The van der Waals surface area contributed by atoms with Crippen LogP contribution in [0.25, 0.3) is 0 Å². The van der Waals surface area contributed by atoms with E-state index in [2.05, 4.69) is 0 Å². The average Bonchev–Trinajstić information content (AvgIpc) is 2.67. The summed E-state index contributed by atoms with van der Waals surface area (Å²) in [7, 11) is 0. The summed E-state index contributed by atoms with van der Waals surface area (Å²) in [5.41, 5.74) is 0.947. The van der Waals surface area contributed by atoms with Gasteiger partial charge in [-0.25, -0.2) is 0 Å². The summed E-state index contributed by atoms with van der Waals surface area (Å²) in [6.07, 6.45) is 0.192. The highest BCUT2D eigenvalue weighted by Crippen LogP contribution is 2.24. The minimum absolute atomic E-state index is 0.0850. The lowest BCUT2D eigenvalue weighted by Crippen LogP contribution is -2.20. The SMILES string of the molecule is C[C@H]1CC(=O)O[C@@H]1CC(=O)OCc1ccccc1. The molecule has 0 spiro atoms. The van der Waals surface area contributed by atoms with Crippen LogP contribution in [-0.2, 0) is 25.7 Å². The second-order valence-electron chi connectivity index (χ2n) is 4.56. The van der Waals surface area contributed by atoms with Gasteiger partial charge in [-0.1, -0.05) is 37.3 Å². The molecule has 0 saturated carbocycles. The van der Waals surface area contributed by atoms with Crippen molar-refractivity contribution >= 4 is 11.9 Å². The summed E-state index contributed by atoms with van der Waals surface area (Å²) in [5.74, 6) is -0.476. The topological polar surface area (TPSA) is 52.6 Å². The molecule has 4 nitrogen and oxygen atoms in total. The van der Waals surface area contributed by atoms with Crippen molar-refractivity contribution in [3.05, 3.63) is 35.9 Å². The Balaban J connectivity index is 1.77. The predicted octanol–water partition coefficient (Wildman–Crippen LogP) is 2.07. The minimum Gasteiger partial charge on any atom is -0.461 e. The van der Waals surface area contributed by atoms with Gasteiger partial charge < -0.3 is 9.47 Å². The Morgan fingerprint density at radius 1 is 1.39 bits per heavy atom. The molecule has 1 fully saturated rings. The number of cyclic esters (lactones) is 1. The number of hydrogen-bond acceptors (Lipinski definition) is 4. The van der Waals surface area contributed by atoms with Gasteiger partial charge in [-0.2, -0.15) is 0 Å². The maximum atomic E-state index is 11.6. The second kappa shape index (κ2) is 5.67. The van der Waals surface area contributed by atoms with Crippen molar-refractivity contribution in [1.29, 1.82) is 0 Å². The number of carbonyl (C=O) groups excluding carboxylic acids is 2. The third-order valence-corrected chi connectivity index (χ3v) is 3.02. The zero-order valence-corrected chi connectivity index (χ0v) is 10.3. The van der Waals surface area contributed by atoms with Crippen LogP contribution < -0.4 is 0 Å². The van der Waals surface area contributed by atoms with E-state index in [0.717, 1.165) is 5.56 Å². The Morgan fingerprint density at radius 2 is 2.11 bits per heavy atom. The van der Waals surface area contributed by atoms with Crippen LogP contribution in [0.3, 0.4) is 0 Å². The summed E-state index contributed by atoms with van der Waals surface area (Å²) in [6.45, 7) is 2.16. The van der Waals surface area contributed by atoms with E-state index in [0.29, 0.717) is 6.42 Å². The highest BCUT2D eigenvalue weighted by atomic mass is 16.6. The minimum atomic E-state index is -0.333. The lowest BCUT2D eigenvalue weighted by Gasteiger charge is -2.12. The highest BCUT2D eigenvalue weighted by Gasteiger charge is 2.33. The molecule has 2 rings (SSSR count). The lowest BCUT2D eigenvalue weighted by atomic mass is 10.0. The van der Waals surface area contributed by atoms with E-state index in [-0.39, 0.29) is 37.0 Å². The number of carbonyl (C=O) groups is 2. The molecule has 18 heavy (non-hydrogen) atoms. The summed E-state index contributed by atoms with van der Waals surface area (Å²) < 4.78 is 10.2. The van der Waals surface area contributed by atoms with E-state index >= 15 is 0 Å². The average molecular weight is 248 g/mol. The van der Waals surface area contributed by atoms with Crippen molar-refractivity contribution in [3.8, 4) is 0 Å². The van der Waals surface area contributed by atoms with E-state index < -0.39 is 0 Å². The van der Waals surface area contributed by atoms with Crippen molar-refractivity contribution in [2.24, 2.45) is 5.92 Å². The molecule has 1 heterocycles. The number of ether oxygens (including phenoxy) is 2. The number of esters is 2. The van der Waals surface area contributed by atoms with Crippen molar-refractivity contribution in [1.82, 2.24) is 0 Å². The first-order valence-electron chi connectivity index (χ1n) is 6.04. The summed E-state index contributed by atoms with van der Waals surface area (Å²) in [4.78, 5) is 22.7. The zero-order chi connectivity index (χ0) is 13.0. The van der Waals surface area contributed by atoms with Gasteiger partial charge in [0.2, 0.25) is 0 Å². The number of benzene rings is 1. The van der Waals surface area contributed by atoms with Crippen LogP contribution in [0.15, 0.2) is 30.3 Å². The van der Waals surface area contributed by atoms with Crippen LogP contribution in [0.1, 0.15) is 25.3 Å². The Hall–Kier alpha value is -1.84. The zero-order valence-electron chi connectivity index (χ0n) is 10.3. The number of rotatable bonds is 4. The van der Waals surface area contributed by atoms with Crippen LogP contribution in [-0.4, -0.2) is 18.0 Å². The fraction of sp³-hybridized carbons (Fsp3) is 0.429. The molecule has 0 amide bonds. The molecule has 1 aromatic carbocycles. The van der Waals surface area contributed by atoms with Gasteiger partial charge in [0.1, 0.15) is 12.7 Å². The molecule has 2 atom stereocenters. The van der Waals surface area contributed by atoms with Gasteiger partial charge >= 0.3 is 11.9 Å². The van der Waals surface area contributed by atoms with Gasteiger partial charge in [-0.05, 0) is 5.56 Å². The summed E-state index contributed by atoms with van der Waals surface area (Å²) in [5, 5.41) is 0. The first kappa shape index (κ1) is 12.6. The summed E-state index contributed by atoms with van der Waals surface area (Å²) >= 11 is 0. The Kier molecular flexibility index (Phi) is 3.97. The van der Waals surface area contributed by atoms with E-state index in [1.54, 1.807) is 0 Å². The maximum Gasteiger partial charge on any atom is 0.309 e. The van der Waals surface area contributed by atoms with Gasteiger partial charge in [0.25, 0.3) is 0 Å². The molecule has 0 aromatic heterocycles. The predicted molar refractivity (Wildman–Crippen MR) is 64.5 cm³/mol. The smallest absolute Gasteiger partial charge is 0.309 e. The van der Waals surface area contributed by atoms with Crippen LogP contribution in [0.2, 0.25) is 0 Å². The molecule has 1 aliphatic heterocycles. The normalized spacial score (nSPS) is 22.6. The van der Waals surface area contributed by atoms with E-state index in [1.807, 2.05) is 37.3 Å². The first-order chi connectivity index (χ1) is 8.65. The Morgan fingerprint density at radius 3 is 2.72 bits per heavy atom. The summed E-state index contributed by atoms with van der Waals surface area (Å²) in [6, 6.07) is 9.48. The molecule has 0 radical (unpaired) electrons. The molecule has 96 valence electrons. The van der Waals surface area contributed by atoms with Gasteiger partial charge in [-0.15, -0.1) is 0 Å². The standard InChI is InChI=1S/C14H16O4/c1-10-7-14(16)18-12(10)8-13(15)17-9-11-5-3-2-4-6-11/h2-6,10,12H,7-9H2,1H3/t10-,12+/m0/s1. The second-order valence-corrected chi connectivity index (χ2v) is 4.56. The molecule has 1 aliphatic rings. The molecule has 1 saturated heterocycles. The molecule has 0 N–H and O–H groups in total. The van der Waals surface area contributed by atoms with Gasteiger partial charge in [0.15, 0.2) is 0 Å². The molecule has 0 aliphatic carbocycles. The van der Waals surface area contributed by atoms with Gasteiger partial charge in [0, 0.05) is 5.92 Å². The highest BCUT2D eigenvalue weighted by molar-refractivity contribution is 5.75. The largest absolute Gasteiger partial charge is 0.461 e. The molecule has 0 bridgehead atoms. The van der Waals surface area contributed by atoms with Crippen molar-refractivity contribution in [3.63, 3.8) is 0 Å². The number of hydrogen-bond donors (Lipinski definition) is 0. The van der Waals surface area contributed by atoms with E-state index in [4.69, 9.17) is 9.47 Å². The Labute approximate surface area is 106 Å². The fourth-order valence-electron chi connectivity index (χ4n) is 1.93. The van der Waals surface area contributed by atoms with Gasteiger partial charge in [-0.3, -0.25) is 9.59 Å². The maximum absolute atomic E-state index is 11.6. The van der Waals surface area contributed by atoms with Crippen molar-refractivity contribution < 1.29 is 19.1 Å².